The van der Waals surface area contributed by atoms with Crippen molar-refractivity contribution in [3.63, 3.8) is 0 Å². The molecule has 1 heterocycles. The molecular weight excluding hydrogens is 366 g/mol. The summed E-state index contributed by atoms with van der Waals surface area (Å²) in [5, 5.41) is 15.3. The van der Waals surface area contributed by atoms with Crippen molar-refractivity contribution in [2.24, 2.45) is 5.14 Å². The van der Waals surface area contributed by atoms with E-state index in [1.807, 2.05) is 18.2 Å². The normalized spacial score (nSPS) is 11.5. The number of primary sulfonamides is 1. The van der Waals surface area contributed by atoms with Crippen LogP contribution in [0.1, 0.15) is 5.56 Å². The maximum Gasteiger partial charge on any atom is 0.238 e. The standard InChI is InChI=1S/C15H10BrN3O2S/c16-13-3-2-10(15-11(13)5-6-19-15)12-7-9(8-17)1-4-14(12)22(18,20)21/h1-7,19H,(H2,18,20,21). The molecule has 0 radical (unpaired) electrons. The van der Waals surface area contributed by atoms with Gasteiger partial charge in [-0.15, -0.1) is 0 Å². The molecule has 22 heavy (non-hydrogen) atoms. The summed E-state index contributed by atoms with van der Waals surface area (Å²) < 4.78 is 24.6. The van der Waals surface area contributed by atoms with Gasteiger partial charge in [0.05, 0.1) is 22.0 Å². The molecule has 0 aliphatic carbocycles. The minimum atomic E-state index is -3.90. The predicted molar refractivity (Wildman–Crippen MR) is 87.5 cm³/mol. The smallest absolute Gasteiger partial charge is 0.238 e. The van der Waals surface area contributed by atoms with E-state index in [0.29, 0.717) is 16.7 Å². The van der Waals surface area contributed by atoms with Gasteiger partial charge in [0.2, 0.25) is 10.0 Å². The zero-order valence-corrected chi connectivity index (χ0v) is 13.6. The van der Waals surface area contributed by atoms with Gasteiger partial charge in [-0.25, -0.2) is 13.6 Å². The van der Waals surface area contributed by atoms with Gasteiger partial charge in [0.15, 0.2) is 0 Å². The average Bonchev–Trinajstić information content (AvgIpc) is 2.96. The van der Waals surface area contributed by atoms with Gasteiger partial charge in [0.1, 0.15) is 0 Å². The largest absolute Gasteiger partial charge is 0.361 e. The summed E-state index contributed by atoms with van der Waals surface area (Å²) in [6.45, 7) is 0. The van der Waals surface area contributed by atoms with Gasteiger partial charge in [0, 0.05) is 27.2 Å². The molecule has 0 fully saturated rings. The molecule has 2 aromatic carbocycles. The number of H-pyrrole nitrogens is 1. The first kappa shape index (κ1) is 14.8. The number of aromatic nitrogens is 1. The van der Waals surface area contributed by atoms with Crippen LogP contribution in [0.4, 0.5) is 0 Å². The van der Waals surface area contributed by atoms with E-state index in [9.17, 15) is 8.42 Å². The van der Waals surface area contributed by atoms with E-state index in [2.05, 4.69) is 20.9 Å². The number of halogens is 1. The summed E-state index contributed by atoms with van der Waals surface area (Å²) in [7, 11) is -3.90. The Kier molecular flexibility index (Phi) is 3.53. The number of nitrogens with zero attached hydrogens (tertiary/aromatic N) is 1. The molecule has 0 saturated heterocycles. The van der Waals surface area contributed by atoms with E-state index in [4.69, 9.17) is 10.4 Å². The van der Waals surface area contributed by atoms with E-state index in [1.54, 1.807) is 12.3 Å². The van der Waals surface area contributed by atoms with Crippen LogP contribution in [-0.2, 0) is 10.0 Å². The van der Waals surface area contributed by atoms with Crippen molar-refractivity contribution in [3.05, 3.63) is 52.6 Å². The molecule has 0 aliphatic rings. The number of nitriles is 1. The molecule has 3 aromatic rings. The molecule has 0 amide bonds. The molecule has 0 aliphatic heterocycles. The Morgan fingerprint density at radius 2 is 1.91 bits per heavy atom. The minimum Gasteiger partial charge on any atom is -0.361 e. The number of hydrogen-bond donors (Lipinski definition) is 2. The van der Waals surface area contributed by atoms with Gasteiger partial charge >= 0.3 is 0 Å². The second-order valence-corrected chi connectivity index (χ2v) is 7.11. The van der Waals surface area contributed by atoms with Gasteiger partial charge in [0.25, 0.3) is 0 Å². The number of hydrogen-bond acceptors (Lipinski definition) is 3. The SMILES string of the molecule is N#Cc1ccc(S(N)(=O)=O)c(-c2ccc(Br)c3cc[nH]c23)c1. The number of benzene rings is 2. The summed E-state index contributed by atoms with van der Waals surface area (Å²) >= 11 is 3.45. The maximum absolute atomic E-state index is 11.8. The van der Waals surface area contributed by atoms with Crippen LogP contribution in [0.15, 0.2) is 52.0 Å². The van der Waals surface area contributed by atoms with Gasteiger partial charge in [-0.05, 0) is 30.3 Å². The van der Waals surface area contributed by atoms with Crippen LogP contribution < -0.4 is 5.14 Å². The molecule has 0 bridgehead atoms. The van der Waals surface area contributed by atoms with Crippen molar-refractivity contribution < 1.29 is 8.42 Å². The highest BCUT2D eigenvalue weighted by Gasteiger charge is 2.18. The highest BCUT2D eigenvalue weighted by molar-refractivity contribution is 9.10. The minimum absolute atomic E-state index is 0.00952. The summed E-state index contributed by atoms with van der Waals surface area (Å²) in [4.78, 5) is 3.09. The summed E-state index contributed by atoms with van der Waals surface area (Å²) in [5.74, 6) is 0. The van der Waals surface area contributed by atoms with Crippen LogP contribution in [0.25, 0.3) is 22.0 Å². The fourth-order valence-electron chi connectivity index (χ4n) is 2.40. The highest BCUT2D eigenvalue weighted by Crippen LogP contribution is 2.35. The van der Waals surface area contributed by atoms with Crippen LogP contribution in [0.5, 0.6) is 0 Å². The van der Waals surface area contributed by atoms with Gasteiger partial charge in [-0.3, -0.25) is 0 Å². The Hall–Kier alpha value is -2.14. The Bertz CT molecular complexity index is 1030. The number of nitrogens with two attached hydrogens (primary N) is 1. The second kappa shape index (κ2) is 5.25. The highest BCUT2D eigenvalue weighted by atomic mass is 79.9. The van der Waals surface area contributed by atoms with Crippen molar-refractivity contribution in [1.82, 2.24) is 4.98 Å². The van der Waals surface area contributed by atoms with E-state index < -0.39 is 10.0 Å². The van der Waals surface area contributed by atoms with Gasteiger partial charge in [-0.1, -0.05) is 22.0 Å². The number of aromatic amines is 1. The lowest BCUT2D eigenvalue weighted by atomic mass is 10.0. The van der Waals surface area contributed by atoms with Crippen molar-refractivity contribution in [2.45, 2.75) is 4.90 Å². The van der Waals surface area contributed by atoms with E-state index in [-0.39, 0.29) is 4.90 Å². The Balaban J connectivity index is 2.42. The Morgan fingerprint density at radius 3 is 2.59 bits per heavy atom. The summed E-state index contributed by atoms with van der Waals surface area (Å²) in [6.07, 6.45) is 1.77. The average molecular weight is 376 g/mol. The third-order valence-corrected chi connectivity index (χ3v) is 5.04. The fraction of sp³-hybridized carbons (Fsp3) is 0. The van der Waals surface area contributed by atoms with Crippen LogP contribution in [0.2, 0.25) is 0 Å². The first-order valence-corrected chi connectivity index (χ1v) is 8.58. The number of nitrogens with one attached hydrogen (secondary N) is 1. The third kappa shape index (κ3) is 2.41. The summed E-state index contributed by atoms with van der Waals surface area (Å²) in [6, 6.07) is 11.8. The second-order valence-electron chi connectivity index (χ2n) is 4.73. The number of fused-ring (bicyclic) bond motifs is 1. The fourth-order valence-corrected chi connectivity index (χ4v) is 3.60. The molecule has 5 nitrogen and oxygen atoms in total. The quantitative estimate of drug-likeness (QED) is 0.719. The zero-order valence-electron chi connectivity index (χ0n) is 11.2. The van der Waals surface area contributed by atoms with E-state index >= 15 is 0 Å². The lowest BCUT2D eigenvalue weighted by Crippen LogP contribution is -2.13. The molecule has 3 N–H and O–H groups in total. The molecule has 110 valence electrons. The first-order valence-electron chi connectivity index (χ1n) is 6.25. The molecule has 0 atom stereocenters. The first-order chi connectivity index (χ1) is 10.4. The van der Waals surface area contributed by atoms with Crippen LogP contribution in [0.3, 0.4) is 0 Å². The zero-order chi connectivity index (χ0) is 15.9. The van der Waals surface area contributed by atoms with Crippen LogP contribution >= 0.6 is 15.9 Å². The molecule has 7 heteroatoms. The summed E-state index contributed by atoms with van der Waals surface area (Å²) in [5.41, 5.74) is 2.21. The van der Waals surface area contributed by atoms with Crippen LogP contribution in [-0.4, -0.2) is 13.4 Å². The van der Waals surface area contributed by atoms with E-state index in [0.717, 1.165) is 15.4 Å². The van der Waals surface area contributed by atoms with Gasteiger partial charge in [-0.2, -0.15) is 5.26 Å². The van der Waals surface area contributed by atoms with Crippen molar-refractivity contribution in [3.8, 4) is 17.2 Å². The lowest BCUT2D eigenvalue weighted by Gasteiger charge is -2.10. The maximum atomic E-state index is 11.8. The molecule has 0 unspecified atom stereocenters. The third-order valence-electron chi connectivity index (χ3n) is 3.38. The predicted octanol–water partition coefficient (Wildman–Crippen LogP) is 3.12. The number of rotatable bonds is 2. The molecule has 0 saturated carbocycles. The van der Waals surface area contributed by atoms with E-state index in [1.165, 1.54) is 18.2 Å². The monoisotopic (exact) mass is 375 g/mol. The number of sulfonamides is 1. The molecular formula is C15H10BrN3O2S. The van der Waals surface area contributed by atoms with Crippen molar-refractivity contribution in [1.29, 1.82) is 5.26 Å². The molecule has 0 spiro atoms. The van der Waals surface area contributed by atoms with Gasteiger partial charge < -0.3 is 4.98 Å². The Morgan fingerprint density at radius 1 is 1.14 bits per heavy atom. The van der Waals surface area contributed by atoms with Crippen molar-refractivity contribution >= 4 is 36.9 Å². The van der Waals surface area contributed by atoms with Crippen molar-refractivity contribution in [2.75, 3.05) is 0 Å². The lowest BCUT2D eigenvalue weighted by molar-refractivity contribution is 0.598. The topological polar surface area (TPSA) is 99.7 Å². The Labute approximate surface area is 135 Å². The molecule has 3 rings (SSSR count). The van der Waals surface area contributed by atoms with Crippen LogP contribution in [0, 0.1) is 11.3 Å². The molecule has 1 aromatic heterocycles.